The highest BCUT2D eigenvalue weighted by atomic mass is 28.4. The number of rotatable bonds is 5. The van der Waals surface area contributed by atoms with Crippen LogP contribution in [0.25, 0.3) is 11.2 Å². The normalized spacial score (nSPS) is 13.0. The van der Waals surface area contributed by atoms with Crippen molar-refractivity contribution in [3.8, 4) is 0 Å². The minimum atomic E-state index is -1.93. The topological polar surface area (TPSA) is 79.0 Å². The van der Waals surface area contributed by atoms with E-state index < -0.39 is 13.9 Å². The molecule has 0 N–H and O–H groups in total. The van der Waals surface area contributed by atoms with Crippen molar-refractivity contribution in [3.05, 3.63) is 32.7 Å². The average Bonchev–Trinajstić information content (AvgIpc) is 2.53. The van der Waals surface area contributed by atoms with E-state index in [1.165, 1.54) is 11.6 Å². The molecule has 0 aromatic carbocycles. The van der Waals surface area contributed by atoms with Gasteiger partial charge in [-0.3, -0.25) is 13.9 Å². The van der Waals surface area contributed by atoms with Gasteiger partial charge in [0.05, 0.1) is 18.5 Å². The zero-order valence-electron chi connectivity index (χ0n) is 17.1. The highest BCUT2D eigenvalue weighted by Crippen LogP contribution is 2.36. The molecular formula is C18H30N4O3Si. The van der Waals surface area contributed by atoms with E-state index in [0.29, 0.717) is 24.5 Å². The summed E-state index contributed by atoms with van der Waals surface area (Å²) in [5.41, 5.74) is 0.391. The molecule has 0 unspecified atom stereocenters. The zero-order valence-corrected chi connectivity index (χ0v) is 18.1. The van der Waals surface area contributed by atoms with E-state index in [2.05, 4.69) is 43.8 Å². The molecule has 0 aliphatic heterocycles. The molecule has 0 saturated heterocycles. The third-order valence-corrected chi connectivity index (χ3v) is 9.50. The van der Waals surface area contributed by atoms with Crippen LogP contribution in [-0.2, 0) is 24.6 Å². The summed E-state index contributed by atoms with van der Waals surface area (Å²) in [5.74, 6) is 0.238. The van der Waals surface area contributed by atoms with Gasteiger partial charge in [-0.15, -0.1) is 0 Å². The van der Waals surface area contributed by atoms with E-state index >= 15 is 0 Å². The fourth-order valence-corrected chi connectivity index (χ4v) is 3.28. The molecule has 2 heterocycles. The van der Waals surface area contributed by atoms with Crippen LogP contribution in [0.3, 0.4) is 0 Å². The molecule has 0 aliphatic rings. The number of nitrogens with zero attached hydrogens (tertiary/aromatic N) is 4. The van der Waals surface area contributed by atoms with Gasteiger partial charge in [0.1, 0.15) is 0 Å². The summed E-state index contributed by atoms with van der Waals surface area (Å²) in [7, 11) is -0.459. The summed E-state index contributed by atoms with van der Waals surface area (Å²) in [6.45, 7) is 15.7. The van der Waals surface area contributed by atoms with Gasteiger partial charge in [-0.25, -0.2) is 14.8 Å². The lowest BCUT2D eigenvalue weighted by Gasteiger charge is -2.36. The Kier molecular flexibility index (Phi) is 5.58. The standard InChI is InChI=1S/C18H30N4O3Si/c1-12(2)10-22-15-14(16(23)21(6)17(22)24)19-9-13(20-15)11-25-26(7,8)18(3,4)5/h9,12H,10-11H2,1-8H3. The maximum atomic E-state index is 12.5. The molecule has 2 aromatic heterocycles. The van der Waals surface area contributed by atoms with Gasteiger partial charge >= 0.3 is 5.69 Å². The molecule has 8 heteroatoms. The van der Waals surface area contributed by atoms with E-state index in [0.717, 1.165) is 4.57 Å². The first-order valence-corrected chi connectivity index (χ1v) is 11.9. The van der Waals surface area contributed by atoms with Gasteiger partial charge in [-0.2, -0.15) is 0 Å². The van der Waals surface area contributed by atoms with E-state index in [1.807, 2.05) is 13.8 Å². The van der Waals surface area contributed by atoms with Crippen LogP contribution < -0.4 is 11.2 Å². The Morgan fingerprint density at radius 3 is 2.38 bits per heavy atom. The van der Waals surface area contributed by atoms with Gasteiger partial charge in [0.15, 0.2) is 19.5 Å². The molecule has 144 valence electrons. The van der Waals surface area contributed by atoms with E-state index in [-0.39, 0.29) is 22.2 Å². The number of fused-ring (bicyclic) bond motifs is 1. The second kappa shape index (κ2) is 7.07. The second-order valence-electron chi connectivity index (χ2n) is 8.73. The minimum Gasteiger partial charge on any atom is -0.411 e. The first-order valence-electron chi connectivity index (χ1n) is 8.94. The van der Waals surface area contributed by atoms with Gasteiger partial charge < -0.3 is 4.43 Å². The van der Waals surface area contributed by atoms with Gasteiger partial charge in [0.2, 0.25) is 0 Å². The van der Waals surface area contributed by atoms with E-state index in [4.69, 9.17) is 4.43 Å². The molecule has 0 fully saturated rings. The smallest absolute Gasteiger partial charge is 0.332 e. The highest BCUT2D eigenvalue weighted by molar-refractivity contribution is 6.74. The van der Waals surface area contributed by atoms with Crippen molar-refractivity contribution in [2.75, 3.05) is 0 Å². The van der Waals surface area contributed by atoms with Crippen LogP contribution >= 0.6 is 0 Å². The summed E-state index contributed by atoms with van der Waals surface area (Å²) in [4.78, 5) is 33.8. The minimum absolute atomic E-state index is 0.0902. The number of hydrogen-bond acceptors (Lipinski definition) is 5. The molecule has 2 aromatic rings. The Morgan fingerprint density at radius 1 is 1.23 bits per heavy atom. The largest absolute Gasteiger partial charge is 0.411 e. The molecular weight excluding hydrogens is 348 g/mol. The van der Waals surface area contributed by atoms with Crippen molar-refractivity contribution >= 4 is 19.5 Å². The van der Waals surface area contributed by atoms with Gasteiger partial charge in [-0.1, -0.05) is 34.6 Å². The average molecular weight is 379 g/mol. The van der Waals surface area contributed by atoms with Crippen LogP contribution in [0.15, 0.2) is 15.8 Å². The monoisotopic (exact) mass is 378 g/mol. The van der Waals surface area contributed by atoms with Gasteiger partial charge in [-0.05, 0) is 24.1 Å². The van der Waals surface area contributed by atoms with E-state index in [1.54, 1.807) is 6.20 Å². The Bertz CT molecular complexity index is 923. The van der Waals surface area contributed by atoms with Crippen LogP contribution in [0.2, 0.25) is 18.1 Å². The fraction of sp³-hybridized carbons (Fsp3) is 0.667. The molecule has 0 saturated carbocycles. The second-order valence-corrected chi connectivity index (χ2v) is 13.5. The van der Waals surface area contributed by atoms with Crippen molar-refractivity contribution in [1.82, 2.24) is 19.1 Å². The first kappa shape index (κ1) is 20.5. The lowest BCUT2D eigenvalue weighted by Crippen LogP contribution is -2.41. The Morgan fingerprint density at radius 2 is 1.85 bits per heavy atom. The first-order chi connectivity index (χ1) is 11.8. The molecule has 0 bridgehead atoms. The lowest BCUT2D eigenvalue weighted by molar-refractivity contribution is 0.272. The van der Waals surface area contributed by atoms with Crippen LogP contribution in [-0.4, -0.2) is 27.4 Å². The van der Waals surface area contributed by atoms with Crippen LogP contribution in [0.4, 0.5) is 0 Å². The number of hydrogen-bond donors (Lipinski definition) is 0. The van der Waals surface area contributed by atoms with Gasteiger partial charge in [0.25, 0.3) is 5.56 Å². The quantitative estimate of drug-likeness (QED) is 0.748. The molecule has 0 radical (unpaired) electrons. The molecule has 2 rings (SSSR count). The van der Waals surface area contributed by atoms with Crippen molar-refractivity contribution in [1.29, 1.82) is 0 Å². The number of aromatic nitrogens is 4. The zero-order chi connectivity index (χ0) is 19.9. The Balaban J connectivity index is 2.51. The Labute approximate surface area is 155 Å². The molecule has 26 heavy (non-hydrogen) atoms. The summed E-state index contributed by atoms with van der Waals surface area (Å²) >= 11 is 0. The summed E-state index contributed by atoms with van der Waals surface area (Å²) in [5, 5.41) is 0.0902. The third-order valence-electron chi connectivity index (χ3n) is 5.02. The fourth-order valence-electron chi connectivity index (χ4n) is 2.34. The maximum absolute atomic E-state index is 12.5. The SMILES string of the molecule is CC(C)Cn1c(=O)n(C)c(=O)c2ncc(CO[Si](C)(C)C(C)(C)C)nc21. The molecule has 0 spiro atoms. The van der Waals surface area contributed by atoms with Crippen molar-refractivity contribution < 1.29 is 4.43 Å². The molecule has 0 aliphatic carbocycles. The third kappa shape index (κ3) is 3.96. The van der Waals surface area contributed by atoms with Crippen molar-refractivity contribution in [2.45, 2.75) is 65.9 Å². The predicted octanol–water partition coefficient (Wildman–Crippen LogP) is 2.67. The van der Waals surface area contributed by atoms with Crippen molar-refractivity contribution in [2.24, 2.45) is 13.0 Å². The molecule has 7 nitrogen and oxygen atoms in total. The summed E-state index contributed by atoms with van der Waals surface area (Å²) < 4.78 is 8.82. The molecule has 0 amide bonds. The van der Waals surface area contributed by atoms with Crippen molar-refractivity contribution in [3.63, 3.8) is 0 Å². The van der Waals surface area contributed by atoms with Crippen LogP contribution in [0.5, 0.6) is 0 Å². The highest BCUT2D eigenvalue weighted by Gasteiger charge is 2.37. The van der Waals surface area contributed by atoms with Gasteiger partial charge in [0, 0.05) is 13.6 Å². The maximum Gasteiger partial charge on any atom is 0.332 e. The predicted molar refractivity (Wildman–Crippen MR) is 106 cm³/mol. The van der Waals surface area contributed by atoms with Crippen LogP contribution in [0, 0.1) is 5.92 Å². The van der Waals surface area contributed by atoms with Crippen LogP contribution in [0.1, 0.15) is 40.3 Å². The summed E-state index contributed by atoms with van der Waals surface area (Å²) in [6, 6.07) is 0. The van der Waals surface area contributed by atoms with E-state index in [9.17, 15) is 9.59 Å². The molecule has 0 atom stereocenters. The summed E-state index contributed by atoms with van der Waals surface area (Å²) in [6.07, 6.45) is 1.57. The lowest BCUT2D eigenvalue weighted by atomic mass is 10.2. The Hall–Kier alpha value is -1.80.